The van der Waals surface area contributed by atoms with Crippen molar-refractivity contribution < 1.29 is 4.79 Å². The summed E-state index contributed by atoms with van der Waals surface area (Å²) in [6.45, 7) is 0. The number of anilines is 1. The van der Waals surface area contributed by atoms with Crippen LogP contribution in [-0.4, -0.2) is 5.91 Å². The molecule has 3 nitrogen and oxygen atoms in total. The maximum atomic E-state index is 11.8. The van der Waals surface area contributed by atoms with Crippen molar-refractivity contribution in [2.45, 2.75) is 12.8 Å². The van der Waals surface area contributed by atoms with Crippen molar-refractivity contribution in [3.05, 3.63) is 27.2 Å². The van der Waals surface area contributed by atoms with E-state index < -0.39 is 5.41 Å². The van der Waals surface area contributed by atoms with E-state index in [-0.39, 0.29) is 5.91 Å². The van der Waals surface area contributed by atoms with Gasteiger partial charge in [0.2, 0.25) is 5.91 Å². The minimum absolute atomic E-state index is 0.293. The Balaban J connectivity index is 2.23. The Bertz CT molecular complexity index is 532. The normalized spacial score (nSPS) is 16.1. The first-order valence-electron chi connectivity index (χ1n) is 4.86. The van der Waals surface area contributed by atoms with Crippen LogP contribution in [0.1, 0.15) is 12.8 Å². The van der Waals surface area contributed by atoms with Crippen molar-refractivity contribution in [3.8, 4) is 6.07 Å². The first-order valence-corrected chi connectivity index (χ1v) is 5.99. The molecule has 1 aromatic carbocycles. The Morgan fingerprint density at radius 1 is 1.24 bits per heavy atom. The summed E-state index contributed by atoms with van der Waals surface area (Å²) >= 11 is 17.5. The quantitative estimate of drug-likeness (QED) is 0.840. The van der Waals surface area contributed by atoms with E-state index >= 15 is 0 Å². The third kappa shape index (κ3) is 2.35. The van der Waals surface area contributed by atoms with Crippen LogP contribution in [0.2, 0.25) is 15.1 Å². The number of hydrogen-bond donors (Lipinski definition) is 1. The second-order valence-corrected chi connectivity index (χ2v) is 5.12. The lowest BCUT2D eigenvalue weighted by Crippen LogP contribution is -2.22. The van der Waals surface area contributed by atoms with Crippen LogP contribution in [0, 0.1) is 16.7 Å². The number of hydrogen-bond acceptors (Lipinski definition) is 2. The van der Waals surface area contributed by atoms with E-state index in [9.17, 15) is 4.79 Å². The molecule has 0 bridgehead atoms. The Hall–Kier alpha value is -0.950. The molecular weight excluding hydrogens is 282 g/mol. The zero-order valence-corrected chi connectivity index (χ0v) is 10.8. The minimum Gasteiger partial charge on any atom is -0.323 e. The van der Waals surface area contributed by atoms with Gasteiger partial charge in [0.05, 0.1) is 26.8 Å². The molecule has 1 N–H and O–H groups in total. The van der Waals surface area contributed by atoms with E-state index in [0.29, 0.717) is 33.6 Å². The molecule has 2 rings (SSSR count). The Kier molecular flexibility index (Phi) is 3.22. The number of halogens is 3. The zero-order valence-electron chi connectivity index (χ0n) is 8.56. The first-order chi connectivity index (χ1) is 7.98. The van der Waals surface area contributed by atoms with Gasteiger partial charge in [0.25, 0.3) is 0 Å². The number of rotatable bonds is 2. The van der Waals surface area contributed by atoms with Crippen molar-refractivity contribution in [1.82, 2.24) is 0 Å². The lowest BCUT2D eigenvalue weighted by molar-refractivity contribution is -0.119. The van der Waals surface area contributed by atoms with E-state index in [1.807, 2.05) is 6.07 Å². The zero-order chi connectivity index (χ0) is 12.6. The molecule has 0 aromatic heterocycles. The van der Waals surface area contributed by atoms with Crippen molar-refractivity contribution in [1.29, 1.82) is 5.26 Å². The highest BCUT2D eigenvalue weighted by molar-refractivity contribution is 6.44. The predicted molar refractivity (Wildman–Crippen MR) is 67.4 cm³/mol. The van der Waals surface area contributed by atoms with Gasteiger partial charge < -0.3 is 5.32 Å². The molecule has 0 spiro atoms. The van der Waals surface area contributed by atoms with Gasteiger partial charge in [0.15, 0.2) is 0 Å². The number of benzene rings is 1. The monoisotopic (exact) mass is 288 g/mol. The number of amides is 1. The van der Waals surface area contributed by atoms with E-state index in [2.05, 4.69) is 5.32 Å². The van der Waals surface area contributed by atoms with Crippen molar-refractivity contribution >= 4 is 46.4 Å². The van der Waals surface area contributed by atoms with E-state index in [1.54, 1.807) is 0 Å². The highest BCUT2D eigenvalue weighted by Gasteiger charge is 2.50. The standard InChI is InChI=1S/C11H7Cl3N2O/c12-6-3-8(14)9(4-7(6)13)16-10(17)11(5-15)1-2-11/h3-4H,1-2H2,(H,16,17). The molecule has 1 aromatic rings. The van der Waals surface area contributed by atoms with Crippen LogP contribution >= 0.6 is 34.8 Å². The van der Waals surface area contributed by atoms with Gasteiger partial charge in [0.1, 0.15) is 5.41 Å². The molecule has 17 heavy (non-hydrogen) atoms. The molecule has 0 unspecified atom stereocenters. The summed E-state index contributed by atoms with van der Waals surface area (Å²) in [5.41, 5.74) is -0.525. The highest BCUT2D eigenvalue weighted by Crippen LogP contribution is 2.46. The van der Waals surface area contributed by atoms with Gasteiger partial charge in [0, 0.05) is 0 Å². The van der Waals surface area contributed by atoms with Crippen LogP contribution < -0.4 is 5.32 Å². The van der Waals surface area contributed by atoms with Crippen LogP contribution in [0.3, 0.4) is 0 Å². The van der Waals surface area contributed by atoms with Crippen LogP contribution in [-0.2, 0) is 4.79 Å². The summed E-state index contributed by atoms with van der Waals surface area (Å²) in [5, 5.41) is 12.4. The van der Waals surface area contributed by atoms with Gasteiger partial charge in [-0.15, -0.1) is 0 Å². The van der Waals surface area contributed by atoms with Crippen LogP contribution in [0.25, 0.3) is 0 Å². The van der Waals surface area contributed by atoms with E-state index in [0.717, 1.165) is 0 Å². The predicted octanol–water partition coefficient (Wildman–Crippen LogP) is 3.89. The molecule has 1 amide bonds. The molecule has 1 fully saturated rings. The third-order valence-electron chi connectivity index (χ3n) is 2.66. The lowest BCUT2D eigenvalue weighted by atomic mass is 10.1. The second kappa shape index (κ2) is 4.38. The minimum atomic E-state index is -0.893. The molecule has 0 saturated heterocycles. The summed E-state index contributed by atoms with van der Waals surface area (Å²) in [7, 11) is 0. The van der Waals surface area contributed by atoms with Crippen molar-refractivity contribution in [3.63, 3.8) is 0 Å². The fourth-order valence-electron chi connectivity index (χ4n) is 1.37. The summed E-state index contributed by atoms with van der Waals surface area (Å²) in [4.78, 5) is 11.8. The van der Waals surface area contributed by atoms with Crippen molar-refractivity contribution in [2.75, 3.05) is 5.32 Å². The number of nitrogens with zero attached hydrogens (tertiary/aromatic N) is 1. The van der Waals surface area contributed by atoms with E-state index in [4.69, 9.17) is 40.1 Å². The van der Waals surface area contributed by atoms with Gasteiger partial charge in [-0.1, -0.05) is 34.8 Å². The van der Waals surface area contributed by atoms with Gasteiger partial charge in [-0.25, -0.2) is 0 Å². The number of carbonyl (C=O) groups is 1. The summed E-state index contributed by atoms with van der Waals surface area (Å²) < 4.78 is 0. The topological polar surface area (TPSA) is 52.9 Å². The average Bonchev–Trinajstić information content (AvgIpc) is 3.06. The second-order valence-electron chi connectivity index (χ2n) is 3.89. The van der Waals surface area contributed by atoms with Gasteiger partial charge in [-0.05, 0) is 25.0 Å². The number of nitrogens with one attached hydrogen (secondary N) is 1. The molecule has 0 heterocycles. The van der Waals surface area contributed by atoms with Crippen LogP contribution in [0.5, 0.6) is 0 Å². The third-order valence-corrected chi connectivity index (χ3v) is 3.69. The van der Waals surface area contributed by atoms with Crippen LogP contribution in [0.4, 0.5) is 5.69 Å². The fraction of sp³-hybridized carbons (Fsp3) is 0.273. The maximum absolute atomic E-state index is 11.8. The molecule has 88 valence electrons. The molecule has 1 saturated carbocycles. The molecule has 0 atom stereocenters. The van der Waals surface area contributed by atoms with Gasteiger partial charge in [-0.2, -0.15) is 5.26 Å². The fourth-order valence-corrected chi connectivity index (χ4v) is 1.97. The van der Waals surface area contributed by atoms with Gasteiger partial charge in [-0.3, -0.25) is 4.79 Å². The van der Waals surface area contributed by atoms with Gasteiger partial charge >= 0.3 is 0 Å². The smallest absolute Gasteiger partial charge is 0.244 e. The lowest BCUT2D eigenvalue weighted by Gasteiger charge is -2.10. The number of carbonyl (C=O) groups excluding carboxylic acids is 1. The molecule has 0 aliphatic heterocycles. The highest BCUT2D eigenvalue weighted by atomic mass is 35.5. The Morgan fingerprint density at radius 3 is 2.35 bits per heavy atom. The van der Waals surface area contributed by atoms with Crippen LogP contribution in [0.15, 0.2) is 12.1 Å². The van der Waals surface area contributed by atoms with E-state index in [1.165, 1.54) is 12.1 Å². The summed E-state index contributed by atoms with van der Waals surface area (Å²) in [6, 6.07) is 4.92. The molecule has 1 aliphatic rings. The molecule has 0 radical (unpaired) electrons. The SMILES string of the molecule is N#CC1(C(=O)Nc2cc(Cl)c(Cl)cc2Cl)CC1. The largest absolute Gasteiger partial charge is 0.323 e. The molecular formula is C11H7Cl3N2O. The Morgan fingerprint density at radius 2 is 1.82 bits per heavy atom. The summed E-state index contributed by atoms with van der Waals surface area (Å²) in [5.74, 6) is -0.347. The first kappa shape index (κ1) is 12.5. The van der Waals surface area contributed by atoms with Crippen molar-refractivity contribution in [2.24, 2.45) is 5.41 Å². The average molecular weight is 290 g/mol. The maximum Gasteiger partial charge on any atom is 0.244 e. The summed E-state index contributed by atoms with van der Waals surface area (Å²) in [6.07, 6.45) is 1.16. The Labute approximate surface area is 113 Å². The molecule has 6 heteroatoms. The molecule has 1 aliphatic carbocycles. The number of nitriles is 1.